The van der Waals surface area contributed by atoms with Crippen LogP contribution in [-0.2, 0) is 31.2 Å². The van der Waals surface area contributed by atoms with Crippen LogP contribution in [-0.4, -0.2) is 43.3 Å². The van der Waals surface area contributed by atoms with Crippen molar-refractivity contribution in [3.63, 3.8) is 0 Å². The molecular weight excluding hydrogens is 280 g/mol. The van der Waals surface area contributed by atoms with Crippen molar-refractivity contribution in [1.82, 2.24) is 19.7 Å². The molecule has 1 unspecified atom stereocenters. The molecule has 1 atom stereocenters. The molecule has 6 heteroatoms. The Hall–Kier alpha value is -2.21. The van der Waals surface area contributed by atoms with Gasteiger partial charge in [-0.05, 0) is 24.0 Å². The van der Waals surface area contributed by atoms with Crippen molar-refractivity contribution in [1.29, 1.82) is 0 Å². The first-order valence-electron chi connectivity index (χ1n) is 7.37. The number of benzene rings is 1. The minimum Gasteiger partial charge on any atom is -0.380 e. The van der Waals surface area contributed by atoms with Crippen LogP contribution in [0.2, 0.25) is 0 Å². The van der Waals surface area contributed by atoms with E-state index >= 15 is 0 Å². The van der Waals surface area contributed by atoms with Crippen molar-refractivity contribution < 1.29 is 9.90 Å². The fourth-order valence-electron chi connectivity index (χ4n) is 2.99. The van der Waals surface area contributed by atoms with Crippen molar-refractivity contribution in [3.8, 4) is 0 Å². The number of carbonyl (C=O) groups is 1. The lowest BCUT2D eigenvalue weighted by Gasteiger charge is -2.35. The molecule has 1 N–H and O–H groups in total. The van der Waals surface area contributed by atoms with Crippen LogP contribution in [0.15, 0.2) is 30.6 Å². The van der Waals surface area contributed by atoms with Gasteiger partial charge in [0.2, 0.25) is 0 Å². The Bertz CT molecular complexity index is 697. The van der Waals surface area contributed by atoms with Crippen LogP contribution < -0.4 is 0 Å². The summed E-state index contributed by atoms with van der Waals surface area (Å²) in [5.74, 6) is 0.431. The minimum absolute atomic E-state index is 0.259. The Balaban J connectivity index is 1.76. The van der Waals surface area contributed by atoms with Gasteiger partial charge in [-0.15, -0.1) is 10.2 Å². The molecule has 6 nitrogen and oxygen atoms in total. The van der Waals surface area contributed by atoms with Crippen LogP contribution in [0.3, 0.4) is 0 Å². The number of aryl methyl sites for hydroxylation is 2. The third kappa shape index (κ3) is 2.62. The molecule has 3 rings (SSSR count). The normalized spacial score (nSPS) is 20.5. The zero-order valence-corrected chi connectivity index (χ0v) is 12.9. The Morgan fingerprint density at radius 1 is 1.41 bits per heavy atom. The number of fused-ring (bicyclic) bond motifs is 1. The summed E-state index contributed by atoms with van der Waals surface area (Å²) in [7, 11) is 3.52. The second-order valence-electron chi connectivity index (χ2n) is 6.00. The van der Waals surface area contributed by atoms with Gasteiger partial charge in [0, 0.05) is 20.5 Å². The summed E-state index contributed by atoms with van der Waals surface area (Å²) in [6, 6.07) is 7.97. The standard InChI is InChI=1S/C16H20N4O2/c1-19(10-14-18-17-11-20(14)2)15(21)16(22)8-7-12-5-3-4-6-13(12)9-16/h3-6,11,22H,7-10H2,1-2H3. The van der Waals surface area contributed by atoms with Crippen molar-refractivity contribution in [2.45, 2.75) is 31.4 Å². The summed E-state index contributed by atoms with van der Waals surface area (Å²) < 4.78 is 1.77. The van der Waals surface area contributed by atoms with E-state index in [-0.39, 0.29) is 5.91 Å². The summed E-state index contributed by atoms with van der Waals surface area (Å²) in [6.07, 6.45) is 3.13. The smallest absolute Gasteiger partial charge is 0.255 e. The van der Waals surface area contributed by atoms with Gasteiger partial charge in [-0.1, -0.05) is 24.3 Å². The van der Waals surface area contributed by atoms with Gasteiger partial charge >= 0.3 is 0 Å². The maximum atomic E-state index is 12.7. The fraction of sp³-hybridized carbons (Fsp3) is 0.438. The van der Waals surface area contributed by atoms with E-state index in [4.69, 9.17) is 0 Å². The van der Waals surface area contributed by atoms with Gasteiger partial charge in [-0.25, -0.2) is 0 Å². The fourth-order valence-corrected chi connectivity index (χ4v) is 2.99. The number of nitrogens with zero attached hydrogens (tertiary/aromatic N) is 4. The number of rotatable bonds is 3. The molecule has 0 spiro atoms. The van der Waals surface area contributed by atoms with Gasteiger partial charge < -0.3 is 14.6 Å². The minimum atomic E-state index is -1.33. The van der Waals surface area contributed by atoms with E-state index in [1.807, 2.05) is 25.2 Å². The average molecular weight is 300 g/mol. The number of carbonyl (C=O) groups excluding carboxylic acids is 1. The number of hydrogen-bond donors (Lipinski definition) is 1. The molecule has 1 amide bonds. The molecule has 0 saturated heterocycles. The first-order valence-corrected chi connectivity index (χ1v) is 7.37. The Morgan fingerprint density at radius 3 is 2.82 bits per heavy atom. The molecule has 1 aromatic carbocycles. The third-order valence-corrected chi connectivity index (χ3v) is 4.34. The van der Waals surface area contributed by atoms with Crippen LogP contribution in [0.5, 0.6) is 0 Å². The predicted molar refractivity (Wildman–Crippen MR) is 80.9 cm³/mol. The van der Waals surface area contributed by atoms with E-state index in [1.165, 1.54) is 10.5 Å². The van der Waals surface area contributed by atoms with Crippen molar-refractivity contribution in [3.05, 3.63) is 47.5 Å². The summed E-state index contributed by atoms with van der Waals surface area (Å²) >= 11 is 0. The Labute approximate surface area is 129 Å². The van der Waals surface area contributed by atoms with Gasteiger partial charge in [0.1, 0.15) is 11.9 Å². The van der Waals surface area contributed by atoms with Crippen molar-refractivity contribution in [2.24, 2.45) is 7.05 Å². The number of amides is 1. The Kier molecular flexibility index (Phi) is 3.70. The zero-order valence-electron chi connectivity index (χ0n) is 12.9. The molecule has 2 aromatic rings. The van der Waals surface area contributed by atoms with Gasteiger partial charge in [-0.2, -0.15) is 0 Å². The number of likely N-dealkylation sites (N-methyl/N-ethyl adjacent to an activating group) is 1. The quantitative estimate of drug-likeness (QED) is 0.905. The van der Waals surface area contributed by atoms with E-state index in [9.17, 15) is 9.90 Å². The summed E-state index contributed by atoms with van der Waals surface area (Å²) in [4.78, 5) is 14.2. The van der Waals surface area contributed by atoms with E-state index in [0.29, 0.717) is 25.2 Å². The number of hydrogen-bond acceptors (Lipinski definition) is 4. The second kappa shape index (κ2) is 5.53. The van der Waals surface area contributed by atoms with Gasteiger partial charge in [0.25, 0.3) is 5.91 Å². The summed E-state index contributed by atoms with van der Waals surface area (Å²) in [5.41, 5.74) is 0.939. The molecule has 0 saturated carbocycles. The highest BCUT2D eigenvalue weighted by Crippen LogP contribution is 2.30. The first kappa shape index (κ1) is 14.7. The highest BCUT2D eigenvalue weighted by atomic mass is 16.3. The van der Waals surface area contributed by atoms with Crippen molar-refractivity contribution in [2.75, 3.05) is 7.05 Å². The Morgan fingerprint density at radius 2 is 2.14 bits per heavy atom. The molecule has 22 heavy (non-hydrogen) atoms. The largest absolute Gasteiger partial charge is 0.380 e. The molecule has 1 aliphatic rings. The van der Waals surface area contributed by atoms with E-state index in [1.54, 1.807) is 17.9 Å². The maximum Gasteiger partial charge on any atom is 0.255 e. The van der Waals surface area contributed by atoms with Crippen LogP contribution in [0.25, 0.3) is 0 Å². The van der Waals surface area contributed by atoms with Gasteiger partial charge in [-0.3, -0.25) is 4.79 Å². The molecule has 1 aliphatic carbocycles. The highest BCUT2D eigenvalue weighted by Gasteiger charge is 2.41. The van der Waals surface area contributed by atoms with Crippen LogP contribution in [0, 0.1) is 0 Å². The van der Waals surface area contributed by atoms with Gasteiger partial charge in [0.15, 0.2) is 5.82 Å². The molecule has 0 radical (unpaired) electrons. The van der Waals surface area contributed by atoms with Crippen LogP contribution in [0.1, 0.15) is 23.4 Å². The van der Waals surface area contributed by atoms with E-state index in [2.05, 4.69) is 16.3 Å². The SMILES string of the molecule is CN(Cc1nncn1C)C(=O)C1(O)CCc2ccccc2C1. The molecule has 1 aromatic heterocycles. The molecule has 1 heterocycles. The lowest BCUT2D eigenvalue weighted by Crippen LogP contribution is -2.50. The summed E-state index contributed by atoms with van der Waals surface area (Å²) in [5, 5.41) is 18.6. The maximum absolute atomic E-state index is 12.7. The zero-order chi connectivity index (χ0) is 15.7. The van der Waals surface area contributed by atoms with E-state index in [0.717, 1.165) is 12.0 Å². The molecule has 0 bridgehead atoms. The molecular formula is C16H20N4O2. The number of aliphatic hydroxyl groups is 1. The van der Waals surface area contributed by atoms with Crippen LogP contribution in [0.4, 0.5) is 0 Å². The first-order chi connectivity index (χ1) is 10.5. The molecule has 0 fully saturated rings. The third-order valence-electron chi connectivity index (χ3n) is 4.34. The predicted octanol–water partition coefficient (Wildman–Crippen LogP) is 0.693. The topological polar surface area (TPSA) is 71.2 Å². The van der Waals surface area contributed by atoms with E-state index < -0.39 is 5.60 Å². The van der Waals surface area contributed by atoms with Crippen LogP contribution >= 0.6 is 0 Å². The number of aromatic nitrogens is 3. The molecule has 116 valence electrons. The highest BCUT2D eigenvalue weighted by molar-refractivity contribution is 5.85. The van der Waals surface area contributed by atoms with Gasteiger partial charge in [0.05, 0.1) is 6.54 Å². The lowest BCUT2D eigenvalue weighted by atomic mass is 9.79. The summed E-state index contributed by atoms with van der Waals surface area (Å²) in [6.45, 7) is 0.333. The van der Waals surface area contributed by atoms with Crippen molar-refractivity contribution >= 4 is 5.91 Å². The lowest BCUT2D eigenvalue weighted by molar-refractivity contribution is -0.151. The monoisotopic (exact) mass is 300 g/mol. The average Bonchev–Trinajstić information content (AvgIpc) is 2.91. The molecule has 0 aliphatic heterocycles. The second-order valence-corrected chi connectivity index (χ2v) is 6.00.